The highest BCUT2D eigenvalue weighted by atomic mass is 32.2. The molecule has 1 aromatic carbocycles. The van der Waals surface area contributed by atoms with Crippen LogP contribution in [0.15, 0.2) is 29.2 Å². The van der Waals surface area contributed by atoms with Crippen LogP contribution < -0.4 is 5.32 Å². The second kappa shape index (κ2) is 5.28. The van der Waals surface area contributed by atoms with Gasteiger partial charge in [-0.05, 0) is 31.9 Å². The van der Waals surface area contributed by atoms with Crippen LogP contribution in [0.25, 0.3) is 0 Å². The molecule has 1 unspecified atom stereocenters. The summed E-state index contributed by atoms with van der Waals surface area (Å²) in [6.07, 6.45) is 2.04. The van der Waals surface area contributed by atoms with Gasteiger partial charge in [0.2, 0.25) is 0 Å². The first-order chi connectivity index (χ1) is 8.51. The molecule has 0 aliphatic heterocycles. The summed E-state index contributed by atoms with van der Waals surface area (Å²) in [5.41, 5.74) is -1.01. The number of thioether (sulfide) groups is 1. The Kier molecular flexibility index (Phi) is 3.92. The van der Waals surface area contributed by atoms with Crippen molar-refractivity contribution in [1.82, 2.24) is 5.32 Å². The van der Waals surface area contributed by atoms with Gasteiger partial charge in [-0.15, -0.1) is 11.8 Å². The number of rotatable bonds is 6. The van der Waals surface area contributed by atoms with Gasteiger partial charge in [-0.2, -0.15) is 0 Å². The Hall–Kier alpha value is -1.07. The zero-order valence-electron chi connectivity index (χ0n) is 10.1. The quantitative estimate of drug-likeness (QED) is 0.779. The van der Waals surface area contributed by atoms with E-state index in [1.807, 2.05) is 0 Å². The third kappa shape index (κ3) is 3.23. The van der Waals surface area contributed by atoms with Crippen molar-refractivity contribution in [2.45, 2.75) is 36.2 Å². The summed E-state index contributed by atoms with van der Waals surface area (Å²) in [6.45, 7) is 1.65. The van der Waals surface area contributed by atoms with E-state index in [4.69, 9.17) is 0 Å². The standard InChI is InChI=1S/C13H16FNO2S/c1-13(12(16)17,15-9-6-7-9)8-18-11-5-3-2-4-10(11)14/h2-5,9,15H,6-8H2,1H3,(H,16,17). The van der Waals surface area contributed by atoms with Gasteiger partial charge in [-0.3, -0.25) is 10.1 Å². The molecule has 2 N–H and O–H groups in total. The van der Waals surface area contributed by atoms with Gasteiger partial charge in [0.15, 0.2) is 0 Å². The maximum Gasteiger partial charge on any atom is 0.324 e. The highest BCUT2D eigenvalue weighted by Crippen LogP contribution is 2.28. The largest absolute Gasteiger partial charge is 0.480 e. The van der Waals surface area contributed by atoms with Crippen molar-refractivity contribution in [2.24, 2.45) is 0 Å². The lowest BCUT2D eigenvalue weighted by Gasteiger charge is -2.26. The lowest BCUT2D eigenvalue weighted by molar-refractivity contribution is -0.143. The molecule has 0 heterocycles. The molecule has 0 bridgehead atoms. The van der Waals surface area contributed by atoms with Crippen LogP contribution in [0.1, 0.15) is 19.8 Å². The predicted molar refractivity (Wildman–Crippen MR) is 69.3 cm³/mol. The van der Waals surface area contributed by atoms with Gasteiger partial charge in [-0.25, -0.2) is 4.39 Å². The van der Waals surface area contributed by atoms with Crippen molar-refractivity contribution < 1.29 is 14.3 Å². The van der Waals surface area contributed by atoms with Crippen LogP contribution in [0.3, 0.4) is 0 Å². The minimum Gasteiger partial charge on any atom is -0.480 e. The summed E-state index contributed by atoms with van der Waals surface area (Å²) in [4.78, 5) is 11.8. The SMILES string of the molecule is CC(CSc1ccccc1F)(NC1CC1)C(=O)O. The van der Waals surface area contributed by atoms with E-state index in [9.17, 15) is 14.3 Å². The van der Waals surface area contributed by atoms with E-state index in [0.29, 0.717) is 16.7 Å². The molecule has 1 aromatic rings. The number of aliphatic carboxylic acids is 1. The van der Waals surface area contributed by atoms with Crippen LogP contribution in [0.5, 0.6) is 0 Å². The lowest BCUT2D eigenvalue weighted by atomic mass is 10.1. The molecule has 0 aromatic heterocycles. The maximum absolute atomic E-state index is 13.5. The van der Waals surface area contributed by atoms with Crippen molar-refractivity contribution in [2.75, 3.05) is 5.75 Å². The lowest BCUT2D eigenvalue weighted by Crippen LogP contribution is -2.52. The summed E-state index contributed by atoms with van der Waals surface area (Å²) in [5, 5.41) is 12.4. The number of hydrogen-bond acceptors (Lipinski definition) is 3. The summed E-state index contributed by atoms with van der Waals surface area (Å²) < 4.78 is 13.5. The first-order valence-corrected chi connectivity index (χ1v) is 6.88. The van der Waals surface area contributed by atoms with E-state index in [-0.39, 0.29) is 5.82 Å². The highest BCUT2D eigenvalue weighted by Gasteiger charge is 2.38. The zero-order chi connectivity index (χ0) is 13.2. The maximum atomic E-state index is 13.5. The molecule has 1 aliphatic carbocycles. The Morgan fingerprint density at radius 3 is 2.78 bits per heavy atom. The Balaban J connectivity index is 2.01. The fourth-order valence-corrected chi connectivity index (χ4v) is 2.66. The number of halogens is 1. The van der Waals surface area contributed by atoms with E-state index in [0.717, 1.165) is 12.8 Å². The Morgan fingerprint density at radius 2 is 2.22 bits per heavy atom. The van der Waals surface area contributed by atoms with Crippen LogP contribution in [0.2, 0.25) is 0 Å². The molecule has 98 valence electrons. The van der Waals surface area contributed by atoms with Gasteiger partial charge in [0, 0.05) is 16.7 Å². The fourth-order valence-electron chi connectivity index (χ4n) is 1.63. The van der Waals surface area contributed by atoms with E-state index in [2.05, 4.69) is 5.32 Å². The van der Waals surface area contributed by atoms with E-state index in [1.54, 1.807) is 25.1 Å². The molecule has 1 fully saturated rings. The number of carbonyl (C=O) groups is 1. The molecule has 0 spiro atoms. The molecule has 1 aliphatic rings. The van der Waals surface area contributed by atoms with E-state index < -0.39 is 11.5 Å². The van der Waals surface area contributed by atoms with Crippen molar-refractivity contribution in [3.05, 3.63) is 30.1 Å². The van der Waals surface area contributed by atoms with E-state index in [1.165, 1.54) is 17.8 Å². The molecule has 0 saturated heterocycles. The molecule has 0 amide bonds. The zero-order valence-corrected chi connectivity index (χ0v) is 11.0. The van der Waals surface area contributed by atoms with Crippen LogP contribution in [-0.2, 0) is 4.79 Å². The van der Waals surface area contributed by atoms with Gasteiger partial charge in [0.1, 0.15) is 11.4 Å². The predicted octanol–water partition coefficient (Wildman–Crippen LogP) is 2.51. The van der Waals surface area contributed by atoms with Crippen LogP contribution in [0, 0.1) is 5.82 Å². The van der Waals surface area contributed by atoms with Crippen LogP contribution >= 0.6 is 11.8 Å². The van der Waals surface area contributed by atoms with Crippen LogP contribution in [0.4, 0.5) is 4.39 Å². The molecule has 18 heavy (non-hydrogen) atoms. The molecule has 1 saturated carbocycles. The van der Waals surface area contributed by atoms with Gasteiger partial charge in [0.05, 0.1) is 0 Å². The second-order valence-electron chi connectivity index (χ2n) is 4.77. The molecule has 0 radical (unpaired) electrons. The molecular formula is C13H16FNO2S. The Bertz CT molecular complexity index is 450. The van der Waals surface area contributed by atoms with Gasteiger partial charge in [-0.1, -0.05) is 12.1 Å². The first-order valence-electron chi connectivity index (χ1n) is 5.90. The highest BCUT2D eigenvalue weighted by molar-refractivity contribution is 7.99. The van der Waals surface area contributed by atoms with Crippen molar-refractivity contribution in [3.8, 4) is 0 Å². The Labute approximate surface area is 110 Å². The van der Waals surface area contributed by atoms with E-state index >= 15 is 0 Å². The van der Waals surface area contributed by atoms with Crippen molar-refractivity contribution >= 4 is 17.7 Å². The third-order valence-corrected chi connectivity index (χ3v) is 4.29. The Morgan fingerprint density at radius 1 is 1.56 bits per heavy atom. The number of benzene rings is 1. The second-order valence-corrected chi connectivity index (χ2v) is 5.79. The molecule has 2 rings (SSSR count). The monoisotopic (exact) mass is 269 g/mol. The first kappa shape index (κ1) is 13.4. The number of carboxylic acids is 1. The van der Waals surface area contributed by atoms with Gasteiger partial charge >= 0.3 is 5.97 Å². The normalized spacial score (nSPS) is 18.3. The van der Waals surface area contributed by atoms with Crippen molar-refractivity contribution in [3.63, 3.8) is 0 Å². The molecule has 5 heteroatoms. The minimum absolute atomic E-state index is 0.298. The average Bonchev–Trinajstić information content (AvgIpc) is 3.11. The summed E-state index contributed by atoms with van der Waals surface area (Å²) in [5.74, 6) is -0.889. The van der Waals surface area contributed by atoms with Crippen molar-refractivity contribution in [1.29, 1.82) is 0 Å². The fraction of sp³-hybridized carbons (Fsp3) is 0.462. The molecular weight excluding hydrogens is 253 g/mol. The van der Waals surface area contributed by atoms with Crippen LogP contribution in [-0.4, -0.2) is 28.4 Å². The summed E-state index contributed by atoms with van der Waals surface area (Å²) in [7, 11) is 0. The molecule has 1 atom stereocenters. The summed E-state index contributed by atoms with van der Waals surface area (Å²) >= 11 is 1.23. The molecule has 3 nitrogen and oxygen atoms in total. The smallest absolute Gasteiger partial charge is 0.324 e. The number of nitrogens with one attached hydrogen (secondary N) is 1. The third-order valence-electron chi connectivity index (χ3n) is 2.93. The number of carboxylic acid groups (broad SMARTS) is 1. The summed E-state index contributed by atoms with van der Waals surface area (Å²) in [6, 6.07) is 6.72. The van der Waals surface area contributed by atoms with Gasteiger partial charge < -0.3 is 5.11 Å². The number of hydrogen-bond donors (Lipinski definition) is 2. The average molecular weight is 269 g/mol. The topological polar surface area (TPSA) is 49.3 Å². The minimum atomic E-state index is -1.01. The van der Waals surface area contributed by atoms with Gasteiger partial charge in [0.25, 0.3) is 0 Å².